The fourth-order valence-corrected chi connectivity index (χ4v) is 3.87. The van der Waals surface area contributed by atoms with Gasteiger partial charge in [0, 0.05) is 6.54 Å². The molecule has 8 heteroatoms. The number of rotatable bonds is 7. The van der Waals surface area contributed by atoms with Gasteiger partial charge in [-0.25, -0.2) is 4.98 Å². The van der Waals surface area contributed by atoms with Crippen LogP contribution in [-0.4, -0.2) is 26.2 Å². The molecule has 138 valence electrons. The van der Waals surface area contributed by atoms with Gasteiger partial charge in [-0.05, 0) is 31.2 Å². The third kappa shape index (κ3) is 4.00. The van der Waals surface area contributed by atoms with E-state index in [1.165, 1.54) is 27.7 Å². The first-order valence-corrected chi connectivity index (χ1v) is 9.98. The second-order valence-electron chi connectivity index (χ2n) is 6.45. The highest BCUT2D eigenvalue weighted by molar-refractivity contribution is 8.00. The van der Waals surface area contributed by atoms with Crippen LogP contribution >= 0.6 is 23.1 Å². The number of aromatic nitrogens is 2. The maximum absolute atomic E-state index is 12.6. The fourth-order valence-electron chi connectivity index (χ4n) is 2.17. The van der Waals surface area contributed by atoms with E-state index >= 15 is 0 Å². The van der Waals surface area contributed by atoms with Gasteiger partial charge in [0.2, 0.25) is 5.91 Å². The molecule has 2 atom stereocenters. The number of thioether (sulfide) groups is 1. The molecule has 0 bridgehead atoms. The Hall–Kier alpha value is -2.11. The summed E-state index contributed by atoms with van der Waals surface area (Å²) in [4.78, 5) is 29.8. The van der Waals surface area contributed by atoms with E-state index in [-0.39, 0.29) is 17.4 Å². The molecule has 2 heterocycles. The first-order valence-electron chi connectivity index (χ1n) is 8.22. The van der Waals surface area contributed by atoms with E-state index in [0.717, 1.165) is 0 Å². The Kier molecular flexibility index (Phi) is 6.26. The average molecular weight is 391 g/mol. The van der Waals surface area contributed by atoms with Gasteiger partial charge in [-0.2, -0.15) is 5.26 Å². The zero-order valence-corrected chi connectivity index (χ0v) is 16.9. The smallest absolute Gasteiger partial charge is 0.272 e. The molecule has 1 N–H and O–H groups in total. The lowest BCUT2D eigenvalue weighted by molar-refractivity contribution is -0.121. The molecule has 0 aliphatic heterocycles. The van der Waals surface area contributed by atoms with Gasteiger partial charge in [-0.3, -0.25) is 14.2 Å². The van der Waals surface area contributed by atoms with Gasteiger partial charge < -0.3 is 5.32 Å². The molecule has 0 saturated carbocycles. The van der Waals surface area contributed by atoms with Crippen molar-refractivity contribution in [3.63, 3.8) is 0 Å². The van der Waals surface area contributed by atoms with Gasteiger partial charge in [-0.1, -0.05) is 31.7 Å². The van der Waals surface area contributed by atoms with Crippen molar-refractivity contribution in [1.82, 2.24) is 14.9 Å². The molecular formula is C18H22N4O2S2. The van der Waals surface area contributed by atoms with Gasteiger partial charge >= 0.3 is 0 Å². The van der Waals surface area contributed by atoms with Gasteiger partial charge in [0.25, 0.3) is 5.56 Å². The Morgan fingerprint density at radius 2 is 2.27 bits per heavy atom. The summed E-state index contributed by atoms with van der Waals surface area (Å²) in [6, 6.07) is 3.96. The lowest BCUT2D eigenvalue weighted by Crippen LogP contribution is -2.51. The molecule has 2 aromatic heterocycles. The Bertz CT molecular complexity index is 925. The number of nitriles is 1. The highest BCUT2D eigenvalue weighted by Crippen LogP contribution is 2.25. The van der Waals surface area contributed by atoms with Crippen molar-refractivity contribution in [2.45, 2.75) is 50.2 Å². The van der Waals surface area contributed by atoms with Crippen LogP contribution in [0.5, 0.6) is 0 Å². The number of fused-ring (bicyclic) bond motifs is 1. The van der Waals surface area contributed by atoms with Crippen LogP contribution in [0.2, 0.25) is 0 Å². The first-order chi connectivity index (χ1) is 12.2. The third-order valence-electron chi connectivity index (χ3n) is 4.26. The van der Waals surface area contributed by atoms with Gasteiger partial charge in [0.1, 0.15) is 10.2 Å². The number of hydrogen-bond acceptors (Lipinski definition) is 6. The Balaban J connectivity index is 2.31. The largest absolute Gasteiger partial charge is 0.337 e. The van der Waals surface area contributed by atoms with Crippen LogP contribution in [0.25, 0.3) is 10.2 Å². The molecule has 0 aliphatic carbocycles. The van der Waals surface area contributed by atoms with Crippen LogP contribution in [0.4, 0.5) is 0 Å². The maximum atomic E-state index is 12.6. The summed E-state index contributed by atoms with van der Waals surface area (Å²) in [5, 5.41) is 14.0. The van der Waals surface area contributed by atoms with Crippen LogP contribution in [0.15, 0.2) is 34.1 Å². The first kappa shape index (κ1) is 20.2. The fraction of sp³-hybridized carbons (Fsp3) is 0.444. The second-order valence-corrected chi connectivity index (χ2v) is 8.68. The number of carbonyl (C=O) groups is 1. The minimum Gasteiger partial charge on any atom is -0.337 e. The number of allylic oxidation sites excluding steroid dienone is 1. The van der Waals surface area contributed by atoms with Crippen LogP contribution in [0.3, 0.4) is 0 Å². The lowest BCUT2D eigenvalue weighted by Gasteiger charge is -2.28. The van der Waals surface area contributed by atoms with E-state index in [4.69, 9.17) is 0 Å². The monoisotopic (exact) mass is 390 g/mol. The van der Waals surface area contributed by atoms with Crippen molar-refractivity contribution in [2.24, 2.45) is 5.92 Å². The van der Waals surface area contributed by atoms with Crippen LogP contribution in [-0.2, 0) is 11.3 Å². The molecule has 0 aliphatic rings. The predicted octanol–water partition coefficient (Wildman–Crippen LogP) is 3.18. The molecule has 0 radical (unpaired) electrons. The molecule has 0 fully saturated rings. The molecule has 26 heavy (non-hydrogen) atoms. The molecular weight excluding hydrogens is 368 g/mol. The highest BCUT2D eigenvalue weighted by Gasteiger charge is 2.32. The van der Waals surface area contributed by atoms with Gasteiger partial charge in [0.05, 0.1) is 16.8 Å². The minimum atomic E-state index is -0.947. The topological polar surface area (TPSA) is 87.8 Å². The van der Waals surface area contributed by atoms with Crippen molar-refractivity contribution >= 4 is 39.2 Å². The standard InChI is InChI=1S/C18H22N4O2S2/c1-6-8-22-16(24)14-13(7-9-25-14)20-17(22)26-12(4)15(23)21-18(5,10-19)11(2)3/h6-7,9,11-12H,1,8H2,2-5H3,(H,21,23). The summed E-state index contributed by atoms with van der Waals surface area (Å²) in [5.41, 5.74) is -0.458. The maximum Gasteiger partial charge on any atom is 0.272 e. The molecule has 1 amide bonds. The molecule has 6 nitrogen and oxygen atoms in total. The molecule has 2 rings (SSSR count). The number of amides is 1. The van der Waals surface area contributed by atoms with E-state index in [0.29, 0.717) is 21.9 Å². The van der Waals surface area contributed by atoms with Crippen molar-refractivity contribution < 1.29 is 4.79 Å². The summed E-state index contributed by atoms with van der Waals surface area (Å²) in [6.45, 7) is 11.2. The SMILES string of the molecule is C=CCn1c(SC(C)C(=O)NC(C)(C#N)C(C)C)nc2ccsc2c1=O. The predicted molar refractivity (Wildman–Crippen MR) is 106 cm³/mol. The van der Waals surface area contributed by atoms with Crippen molar-refractivity contribution in [1.29, 1.82) is 5.26 Å². The van der Waals surface area contributed by atoms with Gasteiger partial charge in [0.15, 0.2) is 5.16 Å². The van der Waals surface area contributed by atoms with Crippen molar-refractivity contribution in [3.05, 3.63) is 34.5 Å². The summed E-state index contributed by atoms with van der Waals surface area (Å²) >= 11 is 2.55. The number of carbonyl (C=O) groups excluding carboxylic acids is 1. The quantitative estimate of drug-likeness (QED) is 0.446. The summed E-state index contributed by atoms with van der Waals surface area (Å²) < 4.78 is 2.11. The number of nitrogens with one attached hydrogen (secondary N) is 1. The number of thiophene rings is 1. The Morgan fingerprint density at radius 3 is 2.85 bits per heavy atom. The van der Waals surface area contributed by atoms with Crippen LogP contribution in [0.1, 0.15) is 27.7 Å². The Morgan fingerprint density at radius 1 is 1.58 bits per heavy atom. The number of hydrogen-bond donors (Lipinski definition) is 1. The van der Waals surface area contributed by atoms with E-state index < -0.39 is 10.8 Å². The third-order valence-corrected chi connectivity index (χ3v) is 6.25. The molecule has 0 aromatic carbocycles. The number of nitrogens with zero attached hydrogens (tertiary/aromatic N) is 3. The highest BCUT2D eigenvalue weighted by atomic mass is 32.2. The zero-order valence-electron chi connectivity index (χ0n) is 15.3. The van der Waals surface area contributed by atoms with E-state index in [1.54, 1.807) is 26.0 Å². The molecule has 2 unspecified atom stereocenters. The van der Waals surface area contributed by atoms with E-state index in [1.807, 2.05) is 19.2 Å². The molecule has 0 saturated heterocycles. The second kappa shape index (κ2) is 8.06. The Labute approximate surface area is 160 Å². The van der Waals surface area contributed by atoms with Gasteiger partial charge in [-0.15, -0.1) is 17.9 Å². The molecule has 0 spiro atoms. The minimum absolute atomic E-state index is 0.0344. The van der Waals surface area contributed by atoms with Crippen LogP contribution in [0, 0.1) is 17.2 Å². The summed E-state index contributed by atoms with van der Waals surface area (Å²) in [7, 11) is 0. The summed E-state index contributed by atoms with van der Waals surface area (Å²) in [5.74, 6) is -0.301. The lowest BCUT2D eigenvalue weighted by atomic mass is 9.90. The van der Waals surface area contributed by atoms with Crippen molar-refractivity contribution in [3.8, 4) is 6.07 Å². The van der Waals surface area contributed by atoms with Crippen molar-refractivity contribution in [2.75, 3.05) is 0 Å². The summed E-state index contributed by atoms with van der Waals surface area (Å²) in [6.07, 6.45) is 1.63. The zero-order chi connectivity index (χ0) is 19.5. The average Bonchev–Trinajstić information content (AvgIpc) is 3.06. The van der Waals surface area contributed by atoms with E-state index in [2.05, 4.69) is 22.9 Å². The van der Waals surface area contributed by atoms with Crippen LogP contribution < -0.4 is 10.9 Å². The van der Waals surface area contributed by atoms with E-state index in [9.17, 15) is 14.9 Å². The normalized spacial score (nSPS) is 14.6. The molecule has 2 aromatic rings.